The number of amides is 1. The lowest BCUT2D eigenvalue weighted by Crippen LogP contribution is -2.18. The quantitative estimate of drug-likeness (QED) is 0.304. The summed E-state index contributed by atoms with van der Waals surface area (Å²) in [6.07, 6.45) is -8.65. The number of hydrogen-bond donors (Lipinski definition) is 1. The number of nitrogens with zero attached hydrogens (tertiary/aromatic N) is 2. The second-order valence-corrected chi connectivity index (χ2v) is 7.75. The Morgan fingerprint density at radius 3 is 2.41 bits per heavy atom. The standard InChI is InChI=1S/C20H13F6N3O4S/c1-27-17-16(34-18(30)28-17)7-10-2-5-15(14(6-10)29(31)32)33-9-11-3-4-12(19(21,22)23)8-13(11)20(24,25)26/h2-8H,9H2,1H3,(H,27,28,30). The highest BCUT2D eigenvalue weighted by Crippen LogP contribution is 2.38. The van der Waals surface area contributed by atoms with Gasteiger partial charge >= 0.3 is 18.0 Å². The molecule has 0 radical (unpaired) electrons. The molecule has 7 nitrogen and oxygen atoms in total. The Balaban J connectivity index is 1.91. The zero-order valence-corrected chi connectivity index (χ0v) is 17.8. The first kappa shape index (κ1) is 25.1. The molecule has 0 unspecified atom stereocenters. The summed E-state index contributed by atoms with van der Waals surface area (Å²) in [6, 6.07) is 4.63. The highest BCUT2D eigenvalue weighted by molar-refractivity contribution is 8.18. The number of nitro benzene ring substituents is 1. The third kappa shape index (κ3) is 5.68. The van der Waals surface area contributed by atoms with E-state index in [-0.39, 0.29) is 17.5 Å². The van der Waals surface area contributed by atoms with Crippen LogP contribution < -0.4 is 10.1 Å². The SMILES string of the molecule is CN=C1NC(=O)SC1=Cc1ccc(OCc2ccc(C(F)(F)F)cc2C(F)(F)F)c([N+](=O)[O-])c1. The molecular weight excluding hydrogens is 492 g/mol. The minimum atomic E-state index is -5.11. The third-order valence-corrected chi connectivity index (χ3v) is 5.30. The molecule has 1 fully saturated rings. The largest absolute Gasteiger partial charge is 0.482 e. The Labute approximate surface area is 191 Å². The molecule has 1 saturated heterocycles. The molecule has 0 aromatic heterocycles. The lowest BCUT2D eigenvalue weighted by molar-refractivity contribution is -0.386. The number of ether oxygens (including phenoxy) is 1. The van der Waals surface area contributed by atoms with Crippen molar-refractivity contribution in [3.63, 3.8) is 0 Å². The lowest BCUT2D eigenvalue weighted by Gasteiger charge is -2.16. The normalized spacial score (nSPS) is 16.7. The number of carbonyl (C=O) groups excluding carboxylic acids is 1. The predicted molar refractivity (Wildman–Crippen MR) is 111 cm³/mol. The number of hydrogen-bond acceptors (Lipinski definition) is 6. The fourth-order valence-corrected chi connectivity index (χ4v) is 3.72. The molecule has 0 aliphatic carbocycles. The molecule has 0 bridgehead atoms. The summed E-state index contributed by atoms with van der Waals surface area (Å²) in [6.45, 7) is -0.866. The van der Waals surface area contributed by atoms with Gasteiger partial charge in [-0.05, 0) is 41.6 Å². The van der Waals surface area contributed by atoms with Crippen molar-refractivity contribution < 1.29 is 40.8 Å². The molecule has 0 saturated carbocycles. The molecule has 0 atom stereocenters. The Morgan fingerprint density at radius 2 is 1.82 bits per heavy atom. The van der Waals surface area contributed by atoms with E-state index in [2.05, 4.69) is 10.3 Å². The Hall–Kier alpha value is -3.55. The number of benzene rings is 2. The fraction of sp³-hybridized carbons (Fsp3) is 0.200. The highest BCUT2D eigenvalue weighted by atomic mass is 32.2. The molecule has 1 amide bonds. The summed E-state index contributed by atoms with van der Waals surface area (Å²) in [5.74, 6) is -0.127. The van der Waals surface area contributed by atoms with E-state index in [1.54, 1.807) is 0 Å². The lowest BCUT2D eigenvalue weighted by atomic mass is 10.0. The number of alkyl halides is 6. The van der Waals surface area contributed by atoms with Crippen LogP contribution in [0, 0.1) is 10.1 Å². The van der Waals surface area contributed by atoms with Crippen LogP contribution >= 0.6 is 11.8 Å². The first-order valence-corrected chi connectivity index (χ1v) is 9.97. The Bertz CT molecular complexity index is 1210. The van der Waals surface area contributed by atoms with Crippen LogP contribution in [0.5, 0.6) is 5.75 Å². The van der Waals surface area contributed by atoms with E-state index >= 15 is 0 Å². The summed E-state index contributed by atoms with van der Waals surface area (Å²) < 4.78 is 83.6. The first-order chi connectivity index (χ1) is 15.8. The fourth-order valence-electron chi connectivity index (χ4n) is 2.93. The Morgan fingerprint density at radius 1 is 1.12 bits per heavy atom. The Kier molecular flexibility index (Phi) is 6.91. The topological polar surface area (TPSA) is 93.8 Å². The first-order valence-electron chi connectivity index (χ1n) is 9.16. The van der Waals surface area contributed by atoms with Crippen molar-refractivity contribution in [2.45, 2.75) is 19.0 Å². The summed E-state index contributed by atoms with van der Waals surface area (Å²) in [5.41, 5.74) is -3.98. The van der Waals surface area contributed by atoms with Gasteiger partial charge in [0.25, 0.3) is 5.24 Å². The van der Waals surface area contributed by atoms with E-state index in [1.165, 1.54) is 19.2 Å². The molecule has 1 aliphatic rings. The number of halogens is 6. The molecule has 2 aromatic rings. The number of amidine groups is 1. The predicted octanol–water partition coefficient (Wildman–Crippen LogP) is 6.04. The van der Waals surface area contributed by atoms with Crippen LogP contribution in [0.2, 0.25) is 0 Å². The zero-order chi connectivity index (χ0) is 25.3. The number of carbonyl (C=O) groups is 1. The zero-order valence-electron chi connectivity index (χ0n) is 17.0. The van der Waals surface area contributed by atoms with Crippen LogP contribution in [0.25, 0.3) is 6.08 Å². The molecule has 34 heavy (non-hydrogen) atoms. The molecule has 1 heterocycles. The second-order valence-electron chi connectivity index (χ2n) is 6.74. The minimum absolute atomic E-state index is 0.0378. The average molecular weight is 505 g/mol. The molecular formula is C20H13F6N3O4S. The van der Waals surface area contributed by atoms with Gasteiger partial charge < -0.3 is 10.1 Å². The molecule has 3 rings (SSSR count). The van der Waals surface area contributed by atoms with Crippen LogP contribution in [0.3, 0.4) is 0 Å². The monoisotopic (exact) mass is 505 g/mol. The van der Waals surface area contributed by atoms with Crippen molar-refractivity contribution in [1.29, 1.82) is 0 Å². The van der Waals surface area contributed by atoms with E-state index in [0.717, 1.165) is 23.9 Å². The van der Waals surface area contributed by atoms with Crippen molar-refractivity contribution in [3.05, 3.63) is 73.7 Å². The summed E-state index contributed by atoms with van der Waals surface area (Å²) in [4.78, 5) is 26.4. The van der Waals surface area contributed by atoms with Crippen LogP contribution in [-0.4, -0.2) is 23.0 Å². The molecule has 180 valence electrons. The molecule has 1 N–H and O–H groups in total. The van der Waals surface area contributed by atoms with Gasteiger partial charge in [-0.2, -0.15) is 26.3 Å². The van der Waals surface area contributed by atoms with Gasteiger partial charge in [0.15, 0.2) is 5.75 Å². The van der Waals surface area contributed by atoms with Crippen molar-refractivity contribution in [1.82, 2.24) is 5.32 Å². The highest BCUT2D eigenvalue weighted by Gasteiger charge is 2.38. The number of nitro groups is 1. The van der Waals surface area contributed by atoms with Gasteiger partial charge in [-0.25, -0.2) is 0 Å². The minimum Gasteiger partial charge on any atom is -0.482 e. The number of thioether (sulfide) groups is 1. The smallest absolute Gasteiger partial charge is 0.416 e. The van der Waals surface area contributed by atoms with Gasteiger partial charge in [0.05, 0.1) is 21.0 Å². The van der Waals surface area contributed by atoms with Crippen molar-refractivity contribution in [2.24, 2.45) is 4.99 Å². The van der Waals surface area contributed by atoms with E-state index in [1.807, 2.05) is 0 Å². The maximum absolute atomic E-state index is 13.3. The van der Waals surface area contributed by atoms with Gasteiger partial charge in [-0.1, -0.05) is 12.1 Å². The van der Waals surface area contributed by atoms with E-state index in [0.29, 0.717) is 17.0 Å². The van der Waals surface area contributed by atoms with Crippen molar-refractivity contribution >= 4 is 34.6 Å². The van der Waals surface area contributed by atoms with Crippen LogP contribution in [0.15, 0.2) is 46.3 Å². The van der Waals surface area contributed by atoms with E-state index < -0.39 is 57.2 Å². The van der Waals surface area contributed by atoms with Gasteiger partial charge in [0, 0.05) is 18.7 Å². The molecule has 1 aliphatic heterocycles. The van der Waals surface area contributed by atoms with Crippen LogP contribution in [0.4, 0.5) is 36.8 Å². The summed E-state index contributed by atoms with van der Waals surface area (Å²) >= 11 is 0.818. The molecule has 14 heteroatoms. The average Bonchev–Trinajstić information content (AvgIpc) is 3.10. The van der Waals surface area contributed by atoms with Gasteiger partial charge in [-0.3, -0.25) is 19.9 Å². The molecule has 0 spiro atoms. The van der Waals surface area contributed by atoms with Crippen molar-refractivity contribution in [2.75, 3.05) is 7.05 Å². The van der Waals surface area contributed by atoms with Gasteiger partial charge in [-0.15, -0.1) is 0 Å². The maximum atomic E-state index is 13.3. The maximum Gasteiger partial charge on any atom is 0.416 e. The summed E-state index contributed by atoms with van der Waals surface area (Å²) in [5, 5.41) is 13.6. The second kappa shape index (κ2) is 9.37. The summed E-state index contributed by atoms with van der Waals surface area (Å²) in [7, 11) is 1.44. The van der Waals surface area contributed by atoms with Crippen LogP contribution in [-0.2, 0) is 19.0 Å². The molecule has 2 aromatic carbocycles. The number of nitrogens with one attached hydrogen (secondary N) is 1. The van der Waals surface area contributed by atoms with E-state index in [9.17, 15) is 41.3 Å². The van der Waals surface area contributed by atoms with Crippen LogP contribution in [0.1, 0.15) is 22.3 Å². The van der Waals surface area contributed by atoms with Gasteiger partial charge in [0.1, 0.15) is 12.4 Å². The van der Waals surface area contributed by atoms with E-state index in [4.69, 9.17) is 4.74 Å². The van der Waals surface area contributed by atoms with Gasteiger partial charge in [0.2, 0.25) is 0 Å². The number of aliphatic imine (C=N–C) groups is 1. The van der Waals surface area contributed by atoms with Crippen molar-refractivity contribution in [3.8, 4) is 5.75 Å². The third-order valence-electron chi connectivity index (χ3n) is 4.48. The number of rotatable bonds is 5.